The molecule has 2 nitrogen and oxygen atoms in total. The number of halogens is 1. The molecule has 0 N–H and O–H groups in total. The van der Waals surface area contributed by atoms with Gasteiger partial charge in [0.05, 0.1) is 17.1 Å². The lowest BCUT2D eigenvalue weighted by molar-refractivity contribution is 0.346. The van der Waals surface area contributed by atoms with Gasteiger partial charge in [-0.2, -0.15) is 0 Å². The van der Waals surface area contributed by atoms with Crippen LogP contribution in [0.3, 0.4) is 0 Å². The topological polar surface area (TPSA) is 22.1 Å². The van der Waals surface area contributed by atoms with Crippen molar-refractivity contribution in [3.63, 3.8) is 0 Å². The van der Waals surface area contributed by atoms with Crippen molar-refractivity contribution in [2.75, 3.05) is 6.61 Å². The van der Waals surface area contributed by atoms with E-state index in [-0.39, 0.29) is 0 Å². The Morgan fingerprint density at radius 1 is 1.00 bits per heavy atom. The third-order valence-electron chi connectivity index (χ3n) is 3.68. The van der Waals surface area contributed by atoms with Gasteiger partial charge >= 0.3 is 0 Å². The van der Waals surface area contributed by atoms with Crippen LogP contribution in [0.5, 0.6) is 5.88 Å². The Balaban J connectivity index is 2.17. The van der Waals surface area contributed by atoms with Gasteiger partial charge in [-0.25, -0.2) is 4.98 Å². The van der Waals surface area contributed by atoms with Crippen molar-refractivity contribution in [3.8, 4) is 17.0 Å². The molecule has 1 aromatic heterocycles. The highest BCUT2D eigenvalue weighted by Crippen LogP contribution is 2.41. The summed E-state index contributed by atoms with van der Waals surface area (Å²) < 4.78 is 5.65. The van der Waals surface area contributed by atoms with E-state index in [9.17, 15) is 0 Å². The molecule has 0 bridgehead atoms. The molecule has 1 aliphatic heterocycles. The molecule has 2 aromatic carbocycles. The fourth-order valence-electron chi connectivity index (χ4n) is 2.81. The van der Waals surface area contributed by atoms with E-state index >= 15 is 0 Å². The van der Waals surface area contributed by atoms with E-state index in [1.54, 1.807) is 0 Å². The third-order valence-corrected chi connectivity index (χ3v) is 3.99. The van der Waals surface area contributed by atoms with Gasteiger partial charge in [0.15, 0.2) is 0 Å². The van der Waals surface area contributed by atoms with Gasteiger partial charge in [0, 0.05) is 22.9 Å². The largest absolute Gasteiger partial charge is 0.477 e. The van der Waals surface area contributed by atoms with Gasteiger partial charge in [0.1, 0.15) is 0 Å². The van der Waals surface area contributed by atoms with Gasteiger partial charge in [0.25, 0.3) is 0 Å². The predicted octanol–water partition coefficient (Wildman–Crippen LogP) is 4.49. The van der Waals surface area contributed by atoms with E-state index in [1.165, 1.54) is 0 Å². The molecule has 0 spiro atoms. The highest BCUT2D eigenvalue weighted by atomic mass is 35.5. The molecule has 0 amide bonds. The molecule has 1 aliphatic rings. The number of aromatic nitrogens is 1. The molecule has 0 aliphatic carbocycles. The van der Waals surface area contributed by atoms with Gasteiger partial charge in [-0.1, -0.05) is 48.0 Å². The maximum absolute atomic E-state index is 6.43. The molecular formula is C17H12ClNO. The van der Waals surface area contributed by atoms with Gasteiger partial charge in [0.2, 0.25) is 5.88 Å². The minimum Gasteiger partial charge on any atom is -0.477 e. The Morgan fingerprint density at radius 3 is 2.70 bits per heavy atom. The number of rotatable bonds is 1. The number of nitrogens with zero attached hydrogens (tertiary/aromatic N) is 1. The number of benzene rings is 2. The average Bonchev–Trinajstić information content (AvgIpc) is 2.94. The monoisotopic (exact) mass is 281 g/mol. The molecule has 0 atom stereocenters. The van der Waals surface area contributed by atoms with Crippen molar-refractivity contribution in [2.45, 2.75) is 6.42 Å². The number of pyridine rings is 1. The van der Waals surface area contributed by atoms with E-state index in [1.807, 2.05) is 36.4 Å². The molecule has 4 rings (SSSR count). The van der Waals surface area contributed by atoms with Crippen LogP contribution in [0.2, 0.25) is 5.02 Å². The Morgan fingerprint density at radius 2 is 1.85 bits per heavy atom. The summed E-state index contributed by atoms with van der Waals surface area (Å²) in [7, 11) is 0. The smallest absolute Gasteiger partial charge is 0.217 e. The molecule has 98 valence electrons. The van der Waals surface area contributed by atoms with Crippen LogP contribution in [0.25, 0.3) is 22.0 Å². The molecule has 0 radical (unpaired) electrons. The summed E-state index contributed by atoms with van der Waals surface area (Å²) in [5.41, 5.74) is 4.37. The van der Waals surface area contributed by atoms with Crippen LogP contribution in [0, 0.1) is 0 Å². The van der Waals surface area contributed by atoms with Crippen molar-refractivity contribution >= 4 is 22.5 Å². The van der Waals surface area contributed by atoms with Crippen molar-refractivity contribution in [1.82, 2.24) is 4.98 Å². The lowest BCUT2D eigenvalue weighted by Gasteiger charge is -2.12. The fourth-order valence-corrected chi connectivity index (χ4v) is 3.08. The van der Waals surface area contributed by atoms with E-state index < -0.39 is 0 Å². The first-order valence-corrected chi connectivity index (χ1v) is 7.02. The van der Waals surface area contributed by atoms with Crippen LogP contribution in [-0.4, -0.2) is 11.6 Å². The summed E-state index contributed by atoms with van der Waals surface area (Å²) >= 11 is 6.43. The summed E-state index contributed by atoms with van der Waals surface area (Å²) in [6.07, 6.45) is 0.883. The highest BCUT2D eigenvalue weighted by molar-refractivity contribution is 6.36. The molecule has 0 saturated heterocycles. The SMILES string of the molecule is Clc1cccc2nc3c(c(-c4ccccc4)c12)CCO3. The van der Waals surface area contributed by atoms with E-state index in [4.69, 9.17) is 16.3 Å². The van der Waals surface area contributed by atoms with E-state index in [0.29, 0.717) is 6.61 Å². The molecule has 20 heavy (non-hydrogen) atoms. The summed E-state index contributed by atoms with van der Waals surface area (Å²) in [6.45, 7) is 0.691. The minimum atomic E-state index is 0.691. The van der Waals surface area contributed by atoms with Gasteiger partial charge in [-0.3, -0.25) is 0 Å². The van der Waals surface area contributed by atoms with Gasteiger partial charge in [-0.05, 0) is 17.7 Å². The minimum absolute atomic E-state index is 0.691. The van der Waals surface area contributed by atoms with Crippen molar-refractivity contribution < 1.29 is 4.74 Å². The number of fused-ring (bicyclic) bond motifs is 2. The molecule has 3 aromatic rings. The summed E-state index contributed by atoms with van der Waals surface area (Å²) in [6, 6.07) is 16.1. The Bertz CT molecular complexity index is 799. The van der Waals surface area contributed by atoms with Crippen LogP contribution in [0.1, 0.15) is 5.56 Å². The molecule has 3 heteroatoms. The maximum Gasteiger partial charge on any atom is 0.217 e. The standard InChI is InChI=1S/C17H12ClNO/c18-13-7-4-8-14-16(13)15(11-5-2-1-3-6-11)12-9-10-20-17(12)19-14/h1-8H,9-10H2. The lowest BCUT2D eigenvalue weighted by Crippen LogP contribution is -1.92. The molecule has 0 fully saturated rings. The van der Waals surface area contributed by atoms with Gasteiger partial charge in [-0.15, -0.1) is 0 Å². The zero-order chi connectivity index (χ0) is 13.5. The summed E-state index contributed by atoms with van der Waals surface area (Å²) in [4.78, 5) is 4.60. The first-order chi connectivity index (χ1) is 9.84. The quantitative estimate of drug-likeness (QED) is 0.656. The Kier molecular flexibility index (Phi) is 2.64. The van der Waals surface area contributed by atoms with E-state index in [2.05, 4.69) is 17.1 Å². The molecular weight excluding hydrogens is 270 g/mol. The average molecular weight is 282 g/mol. The molecule has 0 saturated carbocycles. The first-order valence-electron chi connectivity index (χ1n) is 6.64. The first kappa shape index (κ1) is 11.7. The second kappa shape index (κ2) is 4.50. The zero-order valence-electron chi connectivity index (χ0n) is 10.8. The van der Waals surface area contributed by atoms with Crippen LogP contribution in [-0.2, 0) is 6.42 Å². The van der Waals surface area contributed by atoms with Crippen molar-refractivity contribution in [1.29, 1.82) is 0 Å². The Labute approximate surface area is 122 Å². The van der Waals surface area contributed by atoms with Crippen LogP contribution in [0.4, 0.5) is 0 Å². The molecule has 0 unspecified atom stereocenters. The van der Waals surface area contributed by atoms with Crippen LogP contribution >= 0.6 is 11.6 Å². The maximum atomic E-state index is 6.43. The zero-order valence-corrected chi connectivity index (χ0v) is 11.5. The van der Waals surface area contributed by atoms with Crippen molar-refractivity contribution in [2.24, 2.45) is 0 Å². The normalized spacial score (nSPS) is 13.2. The second-order valence-corrected chi connectivity index (χ2v) is 5.28. The Hall–Kier alpha value is -2.06. The molecule has 2 heterocycles. The van der Waals surface area contributed by atoms with Crippen molar-refractivity contribution in [3.05, 3.63) is 59.1 Å². The van der Waals surface area contributed by atoms with Crippen LogP contribution < -0.4 is 4.74 Å². The van der Waals surface area contributed by atoms with Crippen LogP contribution in [0.15, 0.2) is 48.5 Å². The second-order valence-electron chi connectivity index (χ2n) is 4.87. The number of hydrogen-bond acceptors (Lipinski definition) is 2. The fraction of sp³-hybridized carbons (Fsp3) is 0.118. The number of hydrogen-bond donors (Lipinski definition) is 0. The summed E-state index contributed by atoms with van der Waals surface area (Å²) in [5, 5.41) is 1.76. The van der Waals surface area contributed by atoms with E-state index in [0.717, 1.165) is 44.9 Å². The third kappa shape index (κ3) is 1.69. The van der Waals surface area contributed by atoms with Gasteiger partial charge < -0.3 is 4.74 Å². The highest BCUT2D eigenvalue weighted by Gasteiger charge is 2.22. The number of ether oxygens (including phenoxy) is 1. The predicted molar refractivity (Wildman–Crippen MR) is 81.4 cm³/mol. The summed E-state index contributed by atoms with van der Waals surface area (Å²) in [5.74, 6) is 0.749. The lowest BCUT2D eigenvalue weighted by atomic mass is 9.95.